The first-order chi connectivity index (χ1) is 7.74. The molecule has 16 heavy (non-hydrogen) atoms. The van der Waals surface area contributed by atoms with Gasteiger partial charge in [-0.1, -0.05) is 12.1 Å². The highest BCUT2D eigenvalue weighted by Crippen LogP contribution is 2.21. The van der Waals surface area contributed by atoms with Crippen molar-refractivity contribution in [2.24, 2.45) is 0 Å². The number of nitrogens with one attached hydrogen (secondary N) is 1. The van der Waals surface area contributed by atoms with Gasteiger partial charge in [-0.05, 0) is 44.0 Å². The zero-order chi connectivity index (χ0) is 11.4. The van der Waals surface area contributed by atoms with Crippen LogP contribution >= 0.6 is 11.8 Å². The maximum Gasteiger partial charge on any atom is 0.0359 e. The fourth-order valence-electron chi connectivity index (χ4n) is 1.96. The lowest BCUT2D eigenvalue weighted by Crippen LogP contribution is -2.18. The van der Waals surface area contributed by atoms with E-state index in [4.69, 9.17) is 0 Å². The minimum Gasteiger partial charge on any atom is -0.381 e. The molecule has 0 spiro atoms. The molecule has 0 aliphatic carbocycles. The van der Waals surface area contributed by atoms with Gasteiger partial charge in [0.05, 0.1) is 0 Å². The van der Waals surface area contributed by atoms with Gasteiger partial charge in [0.2, 0.25) is 0 Å². The minimum atomic E-state index is 0.671. The minimum absolute atomic E-state index is 0.671. The lowest BCUT2D eigenvalue weighted by atomic mass is 10.2. The van der Waals surface area contributed by atoms with Gasteiger partial charge < -0.3 is 10.2 Å². The summed E-state index contributed by atoms with van der Waals surface area (Å²) >= 11 is 2.04. The van der Waals surface area contributed by atoms with Crippen LogP contribution in [0.15, 0.2) is 24.3 Å². The second-order valence-electron chi connectivity index (χ2n) is 4.64. The third-order valence-corrected chi connectivity index (χ3v) is 3.92. The number of hydrogen-bond donors (Lipinski definition) is 1. The quantitative estimate of drug-likeness (QED) is 0.865. The lowest BCUT2D eigenvalue weighted by Gasteiger charge is -2.14. The Morgan fingerprint density at radius 1 is 1.31 bits per heavy atom. The monoisotopic (exact) mass is 236 g/mol. The molecule has 0 bridgehead atoms. The van der Waals surface area contributed by atoms with Gasteiger partial charge >= 0.3 is 0 Å². The Hall–Kier alpha value is -0.670. The van der Waals surface area contributed by atoms with Gasteiger partial charge in [0.15, 0.2) is 0 Å². The molecule has 0 amide bonds. The molecule has 88 valence electrons. The van der Waals surface area contributed by atoms with Crippen molar-refractivity contribution in [1.82, 2.24) is 4.90 Å². The van der Waals surface area contributed by atoms with Crippen molar-refractivity contribution in [3.8, 4) is 0 Å². The zero-order valence-electron chi connectivity index (χ0n) is 10.1. The van der Waals surface area contributed by atoms with Crippen LogP contribution < -0.4 is 5.32 Å². The number of anilines is 1. The average molecular weight is 236 g/mol. The summed E-state index contributed by atoms with van der Waals surface area (Å²) in [5, 5.41) is 3.59. The molecule has 2 nitrogen and oxygen atoms in total. The highest BCUT2D eigenvalue weighted by Gasteiger charge is 2.14. The molecular weight excluding hydrogens is 216 g/mol. The standard InChI is InChI=1S/C13H20N2S/c1-15(2)9-11-3-5-12(6-4-11)14-13-7-8-16-10-13/h3-6,13-14H,7-10H2,1-2H3. The Labute approximate surface area is 102 Å². The largest absolute Gasteiger partial charge is 0.381 e. The summed E-state index contributed by atoms with van der Waals surface area (Å²) in [5.41, 5.74) is 2.63. The van der Waals surface area contributed by atoms with Crippen LogP contribution in [0.25, 0.3) is 0 Å². The molecule has 1 saturated heterocycles. The maximum atomic E-state index is 3.59. The third kappa shape index (κ3) is 3.42. The molecule has 1 aromatic rings. The smallest absolute Gasteiger partial charge is 0.0359 e. The molecule has 1 aromatic carbocycles. The second kappa shape index (κ2) is 5.60. The molecule has 1 heterocycles. The van der Waals surface area contributed by atoms with Crippen molar-refractivity contribution in [3.63, 3.8) is 0 Å². The Balaban J connectivity index is 1.90. The summed E-state index contributed by atoms with van der Waals surface area (Å²) in [5.74, 6) is 2.55. The van der Waals surface area contributed by atoms with Gasteiger partial charge in [0, 0.05) is 24.0 Å². The number of nitrogens with zero attached hydrogens (tertiary/aromatic N) is 1. The van der Waals surface area contributed by atoms with E-state index in [9.17, 15) is 0 Å². The van der Waals surface area contributed by atoms with Crippen LogP contribution in [-0.4, -0.2) is 36.5 Å². The van der Waals surface area contributed by atoms with E-state index < -0.39 is 0 Å². The highest BCUT2D eigenvalue weighted by atomic mass is 32.2. The first-order valence-electron chi connectivity index (χ1n) is 5.82. The topological polar surface area (TPSA) is 15.3 Å². The summed E-state index contributed by atoms with van der Waals surface area (Å²) in [6.45, 7) is 1.01. The van der Waals surface area contributed by atoms with Gasteiger partial charge in [-0.3, -0.25) is 0 Å². The van der Waals surface area contributed by atoms with Crippen LogP contribution in [0.5, 0.6) is 0 Å². The summed E-state index contributed by atoms with van der Waals surface area (Å²) in [6, 6.07) is 9.49. The Morgan fingerprint density at radius 3 is 2.62 bits per heavy atom. The molecule has 1 unspecified atom stereocenters. The van der Waals surface area contributed by atoms with Crippen LogP contribution in [0, 0.1) is 0 Å². The van der Waals surface area contributed by atoms with E-state index in [2.05, 4.69) is 48.6 Å². The van der Waals surface area contributed by atoms with E-state index in [1.165, 1.54) is 29.2 Å². The molecule has 1 fully saturated rings. The molecule has 0 saturated carbocycles. The molecule has 0 radical (unpaired) electrons. The molecule has 1 atom stereocenters. The van der Waals surface area contributed by atoms with Crippen molar-refractivity contribution in [2.75, 3.05) is 30.9 Å². The van der Waals surface area contributed by atoms with E-state index in [1.54, 1.807) is 0 Å². The van der Waals surface area contributed by atoms with Crippen LogP contribution in [0.3, 0.4) is 0 Å². The third-order valence-electron chi connectivity index (χ3n) is 2.75. The summed E-state index contributed by atoms with van der Waals surface area (Å²) < 4.78 is 0. The Bertz CT molecular complexity index is 315. The van der Waals surface area contributed by atoms with Crippen LogP contribution in [-0.2, 0) is 6.54 Å². The Morgan fingerprint density at radius 2 is 2.06 bits per heavy atom. The predicted octanol–water partition coefficient (Wildman–Crippen LogP) is 2.67. The van der Waals surface area contributed by atoms with Crippen molar-refractivity contribution in [3.05, 3.63) is 29.8 Å². The average Bonchev–Trinajstić information content (AvgIpc) is 2.73. The van der Waals surface area contributed by atoms with Gasteiger partial charge in [0.25, 0.3) is 0 Å². The molecule has 0 aromatic heterocycles. The first kappa shape index (κ1) is 11.8. The van der Waals surface area contributed by atoms with Crippen LogP contribution in [0.2, 0.25) is 0 Å². The number of thioether (sulfide) groups is 1. The normalized spacial score (nSPS) is 20.3. The van der Waals surface area contributed by atoms with Crippen molar-refractivity contribution < 1.29 is 0 Å². The lowest BCUT2D eigenvalue weighted by molar-refractivity contribution is 0.402. The van der Waals surface area contributed by atoms with Gasteiger partial charge in [-0.2, -0.15) is 11.8 Å². The molecule has 1 aliphatic rings. The number of rotatable bonds is 4. The van der Waals surface area contributed by atoms with Crippen molar-refractivity contribution in [1.29, 1.82) is 0 Å². The highest BCUT2D eigenvalue weighted by molar-refractivity contribution is 7.99. The summed E-state index contributed by atoms with van der Waals surface area (Å²) in [6.07, 6.45) is 1.30. The van der Waals surface area contributed by atoms with Crippen molar-refractivity contribution >= 4 is 17.4 Å². The van der Waals surface area contributed by atoms with Gasteiger partial charge in [-0.25, -0.2) is 0 Å². The fraction of sp³-hybridized carbons (Fsp3) is 0.538. The van der Waals surface area contributed by atoms with Crippen molar-refractivity contribution in [2.45, 2.75) is 19.0 Å². The molecule has 1 aliphatic heterocycles. The van der Waals surface area contributed by atoms with E-state index >= 15 is 0 Å². The number of hydrogen-bond acceptors (Lipinski definition) is 3. The number of benzene rings is 1. The van der Waals surface area contributed by atoms with Crippen LogP contribution in [0.4, 0.5) is 5.69 Å². The fourth-order valence-corrected chi connectivity index (χ4v) is 3.11. The molecular formula is C13H20N2S. The molecule has 2 rings (SSSR count). The summed E-state index contributed by atoms with van der Waals surface area (Å²) in [4.78, 5) is 2.19. The second-order valence-corrected chi connectivity index (χ2v) is 5.79. The van der Waals surface area contributed by atoms with E-state index in [1.807, 2.05) is 11.8 Å². The zero-order valence-corrected chi connectivity index (χ0v) is 10.9. The Kier molecular flexibility index (Phi) is 4.13. The summed E-state index contributed by atoms with van der Waals surface area (Å²) in [7, 11) is 4.20. The van der Waals surface area contributed by atoms with Gasteiger partial charge in [-0.15, -0.1) is 0 Å². The first-order valence-corrected chi connectivity index (χ1v) is 6.97. The van der Waals surface area contributed by atoms with E-state index in [-0.39, 0.29) is 0 Å². The molecule has 1 N–H and O–H groups in total. The van der Waals surface area contributed by atoms with E-state index in [0.717, 1.165) is 6.54 Å². The van der Waals surface area contributed by atoms with Gasteiger partial charge in [0.1, 0.15) is 0 Å². The van der Waals surface area contributed by atoms with Crippen LogP contribution in [0.1, 0.15) is 12.0 Å². The SMILES string of the molecule is CN(C)Cc1ccc(NC2CCSC2)cc1. The predicted molar refractivity (Wildman–Crippen MR) is 73.2 cm³/mol. The molecule has 3 heteroatoms. The maximum absolute atomic E-state index is 3.59. The van der Waals surface area contributed by atoms with E-state index in [0.29, 0.717) is 6.04 Å².